The summed E-state index contributed by atoms with van der Waals surface area (Å²) in [6, 6.07) is 14.9. The predicted molar refractivity (Wildman–Crippen MR) is 181 cm³/mol. The molecule has 0 fully saturated rings. The average Bonchev–Trinajstić information content (AvgIpc) is 3.03. The molecule has 0 aromatic heterocycles. The van der Waals surface area contributed by atoms with Gasteiger partial charge in [0, 0.05) is 6.61 Å². The first-order valence-corrected chi connectivity index (χ1v) is 17.8. The molecule has 0 amide bonds. The molecule has 0 bridgehead atoms. The van der Waals surface area contributed by atoms with Crippen LogP contribution in [0, 0.1) is 0 Å². The zero-order chi connectivity index (χ0) is 30.8. The lowest BCUT2D eigenvalue weighted by molar-refractivity contribution is 0.0627. The molecular weight excluding hydrogens is 532 g/mol. The highest BCUT2D eigenvalue weighted by molar-refractivity contribution is 5.91. The molecule has 0 spiro atoms. The normalized spacial score (nSPS) is 11.9. The molecule has 0 saturated heterocycles. The Labute approximate surface area is 264 Å². The largest absolute Gasteiger partial charge is 0.494 e. The molecule has 0 heterocycles. The molecule has 4 heteroatoms. The third kappa shape index (κ3) is 18.2. The summed E-state index contributed by atoms with van der Waals surface area (Å²) in [4.78, 5) is 12.6. The molecular formula is C39H62O4. The Morgan fingerprint density at radius 3 is 1.44 bits per heavy atom. The average molecular weight is 595 g/mol. The SMILES string of the molecule is CCCCCCCCCCCCCCCCOC(C)c1ccc(OC(=O)c2ccc(OCCCCCCCC)cc2)cc1. The summed E-state index contributed by atoms with van der Waals surface area (Å²) >= 11 is 0. The standard InChI is InChI=1S/C39H62O4/c1-4-6-8-10-12-13-14-15-16-17-18-19-21-22-32-41-34(3)35-24-30-38(31-25-35)43-39(40)36-26-28-37(29-27-36)42-33-23-20-11-9-7-5-2/h24-31,34H,4-23,32-33H2,1-3H3. The van der Waals surface area contributed by atoms with Gasteiger partial charge in [-0.15, -0.1) is 0 Å². The van der Waals surface area contributed by atoms with Gasteiger partial charge in [-0.3, -0.25) is 0 Å². The number of hydrogen-bond donors (Lipinski definition) is 0. The van der Waals surface area contributed by atoms with Gasteiger partial charge in [-0.1, -0.05) is 142 Å². The molecule has 0 aliphatic rings. The quantitative estimate of drug-likeness (QED) is 0.0586. The van der Waals surface area contributed by atoms with Crippen molar-refractivity contribution in [2.75, 3.05) is 13.2 Å². The summed E-state index contributed by atoms with van der Waals surface area (Å²) in [7, 11) is 0. The van der Waals surface area contributed by atoms with E-state index in [2.05, 4.69) is 20.8 Å². The molecule has 0 radical (unpaired) electrons. The number of benzene rings is 2. The number of rotatable bonds is 27. The second kappa shape index (κ2) is 25.0. The van der Waals surface area contributed by atoms with Crippen molar-refractivity contribution >= 4 is 5.97 Å². The zero-order valence-corrected chi connectivity index (χ0v) is 27.9. The summed E-state index contributed by atoms with van der Waals surface area (Å²) in [5.74, 6) is 0.964. The van der Waals surface area contributed by atoms with Gasteiger partial charge < -0.3 is 14.2 Å². The molecule has 0 aliphatic carbocycles. The number of esters is 1. The first-order valence-electron chi connectivity index (χ1n) is 17.8. The van der Waals surface area contributed by atoms with Gasteiger partial charge in [0.15, 0.2) is 0 Å². The van der Waals surface area contributed by atoms with E-state index < -0.39 is 0 Å². The lowest BCUT2D eigenvalue weighted by Crippen LogP contribution is -2.09. The van der Waals surface area contributed by atoms with Crippen molar-refractivity contribution < 1.29 is 19.0 Å². The highest BCUT2D eigenvalue weighted by atomic mass is 16.5. The minimum atomic E-state index is -0.364. The van der Waals surface area contributed by atoms with E-state index in [1.54, 1.807) is 12.1 Å². The van der Waals surface area contributed by atoms with Crippen LogP contribution in [-0.4, -0.2) is 19.2 Å². The van der Waals surface area contributed by atoms with Gasteiger partial charge in [0.25, 0.3) is 0 Å². The summed E-state index contributed by atoms with van der Waals surface area (Å²) in [5, 5.41) is 0. The minimum absolute atomic E-state index is 0.0237. The second-order valence-corrected chi connectivity index (χ2v) is 12.2. The van der Waals surface area contributed by atoms with Gasteiger partial charge in [-0.05, 0) is 61.7 Å². The summed E-state index contributed by atoms with van der Waals surface area (Å²) in [5.41, 5.74) is 1.61. The Bertz CT molecular complexity index is 921. The van der Waals surface area contributed by atoms with Gasteiger partial charge in [0.2, 0.25) is 0 Å². The van der Waals surface area contributed by atoms with Crippen molar-refractivity contribution in [1.82, 2.24) is 0 Å². The Morgan fingerprint density at radius 1 is 0.535 bits per heavy atom. The van der Waals surface area contributed by atoms with Crippen LogP contribution in [0.5, 0.6) is 11.5 Å². The van der Waals surface area contributed by atoms with E-state index in [0.29, 0.717) is 17.9 Å². The number of carbonyl (C=O) groups is 1. The van der Waals surface area contributed by atoms with Crippen molar-refractivity contribution in [3.05, 3.63) is 59.7 Å². The maximum atomic E-state index is 12.6. The third-order valence-electron chi connectivity index (χ3n) is 8.28. The van der Waals surface area contributed by atoms with E-state index in [9.17, 15) is 4.79 Å². The predicted octanol–water partition coefficient (Wildman–Crippen LogP) is 12.2. The number of unbranched alkanes of at least 4 members (excludes halogenated alkanes) is 18. The second-order valence-electron chi connectivity index (χ2n) is 12.2. The highest BCUT2D eigenvalue weighted by Gasteiger charge is 2.11. The topological polar surface area (TPSA) is 44.8 Å². The number of carbonyl (C=O) groups excluding carboxylic acids is 1. The van der Waals surface area contributed by atoms with E-state index in [1.165, 1.54) is 116 Å². The first-order chi connectivity index (χ1) is 21.1. The van der Waals surface area contributed by atoms with E-state index >= 15 is 0 Å². The molecule has 242 valence electrons. The van der Waals surface area contributed by atoms with Crippen LogP contribution in [0.3, 0.4) is 0 Å². The van der Waals surface area contributed by atoms with E-state index in [-0.39, 0.29) is 12.1 Å². The van der Waals surface area contributed by atoms with Crippen molar-refractivity contribution in [3.63, 3.8) is 0 Å². The monoisotopic (exact) mass is 594 g/mol. The van der Waals surface area contributed by atoms with Gasteiger partial charge in [-0.25, -0.2) is 4.79 Å². The molecule has 43 heavy (non-hydrogen) atoms. The third-order valence-corrected chi connectivity index (χ3v) is 8.28. The number of hydrogen-bond acceptors (Lipinski definition) is 4. The van der Waals surface area contributed by atoms with Crippen LogP contribution < -0.4 is 9.47 Å². The zero-order valence-electron chi connectivity index (χ0n) is 27.9. The fraction of sp³-hybridized carbons (Fsp3) is 0.667. The Morgan fingerprint density at radius 2 is 0.953 bits per heavy atom. The summed E-state index contributed by atoms with van der Waals surface area (Å²) in [6.45, 7) is 8.10. The van der Waals surface area contributed by atoms with Crippen molar-refractivity contribution in [1.29, 1.82) is 0 Å². The lowest BCUT2D eigenvalue weighted by atomic mass is 10.0. The maximum absolute atomic E-state index is 12.6. The Kier molecular flexibility index (Phi) is 21.5. The number of ether oxygens (including phenoxy) is 3. The van der Waals surface area contributed by atoms with Crippen LogP contribution in [0.2, 0.25) is 0 Å². The van der Waals surface area contributed by atoms with Crippen LogP contribution >= 0.6 is 0 Å². The molecule has 0 aliphatic heterocycles. The van der Waals surface area contributed by atoms with Crippen LogP contribution in [-0.2, 0) is 4.74 Å². The minimum Gasteiger partial charge on any atom is -0.494 e. The fourth-order valence-electron chi connectivity index (χ4n) is 5.39. The molecule has 2 aromatic rings. The van der Waals surface area contributed by atoms with Gasteiger partial charge >= 0.3 is 5.97 Å². The maximum Gasteiger partial charge on any atom is 0.343 e. The Hall–Kier alpha value is -2.33. The van der Waals surface area contributed by atoms with Gasteiger partial charge in [-0.2, -0.15) is 0 Å². The van der Waals surface area contributed by atoms with Crippen LogP contribution in [0.1, 0.15) is 171 Å². The molecule has 0 N–H and O–H groups in total. The molecule has 2 aromatic carbocycles. The first kappa shape index (κ1) is 36.9. The lowest BCUT2D eigenvalue weighted by Gasteiger charge is -2.14. The molecule has 1 unspecified atom stereocenters. The van der Waals surface area contributed by atoms with E-state index in [1.807, 2.05) is 36.4 Å². The van der Waals surface area contributed by atoms with Gasteiger partial charge in [0.05, 0.1) is 18.3 Å². The highest BCUT2D eigenvalue weighted by Crippen LogP contribution is 2.22. The molecule has 0 saturated carbocycles. The van der Waals surface area contributed by atoms with E-state index in [0.717, 1.165) is 30.8 Å². The molecule has 4 nitrogen and oxygen atoms in total. The molecule has 2 rings (SSSR count). The van der Waals surface area contributed by atoms with Crippen molar-refractivity contribution in [2.45, 2.75) is 155 Å². The van der Waals surface area contributed by atoms with Crippen LogP contribution in [0.15, 0.2) is 48.5 Å². The van der Waals surface area contributed by atoms with Crippen LogP contribution in [0.25, 0.3) is 0 Å². The fourth-order valence-corrected chi connectivity index (χ4v) is 5.39. The van der Waals surface area contributed by atoms with Crippen LogP contribution in [0.4, 0.5) is 0 Å². The summed E-state index contributed by atoms with van der Waals surface area (Å²) < 4.78 is 17.5. The Balaban J connectivity index is 1.52. The van der Waals surface area contributed by atoms with Crippen molar-refractivity contribution in [3.8, 4) is 11.5 Å². The van der Waals surface area contributed by atoms with E-state index in [4.69, 9.17) is 14.2 Å². The smallest absolute Gasteiger partial charge is 0.343 e. The van der Waals surface area contributed by atoms with Gasteiger partial charge in [0.1, 0.15) is 11.5 Å². The molecule has 1 atom stereocenters. The van der Waals surface area contributed by atoms with Crippen molar-refractivity contribution in [2.24, 2.45) is 0 Å². The summed E-state index contributed by atoms with van der Waals surface area (Å²) in [6.07, 6.45) is 26.5.